The highest BCUT2D eigenvalue weighted by molar-refractivity contribution is 5.47. The summed E-state index contributed by atoms with van der Waals surface area (Å²) in [5, 5.41) is 3.39. The summed E-state index contributed by atoms with van der Waals surface area (Å²) in [5.41, 5.74) is 7.19. The predicted octanol–water partition coefficient (Wildman–Crippen LogP) is 0.869. The van der Waals surface area contributed by atoms with Gasteiger partial charge in [-0.2, -0.15) is 0 Å². The molecule has 0 bridgehead atoms. The van der Waals surface area contributed by atoms with Crippen molar-refractivity contribution in [1.82, 2.24) is 10.2 Å². The Bertz CT molecular complexity index is 461. The monoisotopic (exact) mass is 293 g/mol. The van der Waals surface area contributed by atoms with Gasteiger partial charge in [-0.3, -0.25) is 4.90 Å². The van der Waals surface area contributed by atoms with Crippen molar-refractivity contribution in [2.45, 2.75) is 18.9 Å². The largest absolute Gasteiger partial charge is 0.493 e. The molecule has 2 rings (SSSR count). The zero-order chi connectivity index (χ0) is 15.3. The molecule has 0 spiro atoms. The number of hydrogen-bond acceptors (Lipinski definition) is 5. The van der Waals surface area contributed by atoms with Gasteiger partial charge in [-0.25, -0.2) is 0 Å². The maximum atomic E-state index is 6.11. The summed E-state index contributed by atoms with van der Waals surface area (Å²) in [4.78, 5) is 2.47. The van der Waals surface area contributed by atoms with E-state index in [4.69, 9.17) is 15.2 Å². The van der Waals surface area contributed by atoms with Crippen molar-refractivity contribution < 1.29 is 9.47 Å². The fraction of sp³-hybridized carbons (Fsp3) is 0.625. The summed E-state index contributed by atoms with van der Waals surface area (Å²) in [6.07, 6.45) is 0.851. The summed E-state index contributed by atoms with van der Waals surface area (Å²) in [5.74, 6) is 1.59. The molecule has 1 unspecified atom stereocenters. The van der Waals surface area contributed by atoms with Crippen LogP contribution in [0.1, 0.15) is 12.5 Å². The first-order chi connectivity index (χ1) is 10.1. The maximum absolute atomic E-state index is 6.11. The molecule has 118 valence electrons. The third-order valence-corrected chi connectivity index (χ3v) is 4.38. The number of hydrogen-bond donors (Lipinski definition) is 2. The summed E-state index contributed by atoms with van der Waals surface area (Å²) in [6, 6.07) is 6.02. The Balaban J connectivity index is 2.25. The smallest absolute Gasteiger partial charge is 0.163 e. The highest BCUT2D eigenvalue weighted by atomic mass is 16.5. The second kappa shape index (κ2) is 7.11. The molecule has 1 aromatic rings. The fourth-order valence-corrected chi connectivity index (χ4v) is 3.02. The van der Waals surface area contributed by atoms with Gasteiger partial charge in [0.05, 0.1) is 14.2 Å². The van der Waals surface area contributed by atoms with E-state index < -0.39 is 0 Å². The third kappa shape index (κ3) is 3.48. The molecule has 3 N–H and O–H groups in total. The van der Waals surface area contributed by atoms with E-state index in [9.17, 15) is 0 Å². The quantitative estimate of drug-likeness (QED) is 0.815. The lowest BCUT2D eigenvalue weighted by atomic mass is 9.89. The van der Waals surface area contributed by atoms with Crippen molar-refractivity contribution in [3.63, 3.8) is 0 Å². The zero-order valence-electron chi connectivity index (χ0n) is 13.3. The Kier molecular flexibility index (Phi) is 5.45. The molecule has 1 saturated heterocycles. The lowest BCUT2D eigenvalue weighted by molar-refractivity contribution is 0.0939. The van der Waals surface area contributed by atoms with Crippen LogP contribution in [0.15, 0.2) is 18.2 Å². The lowest BCUT2D eigenvalue weighted by Gasteiger charge is -2.43. The number of benzene rings is 1. The Morgan fingerprint density at radius 2 is 1.95 bits per heavy atom. The maximum Gasteiger partial charge on any atom is 0.163 e. The van der Waals surface area contributed by atoms with Crippen LogP contribution in [-0.2, 0) is 6.42 Å². The third-order valence-electron chi connectivity index (χ3n) is 4.38. The number of ether oxygens (including phenoxy) is 2. The van der Waals surface area contributed by atoms with Crippen LogP contribution in [0, 0.1) is 0 Å². The number of methoxy groups -OCH3 is 2. The minimum Gasteiger partial charge on any atom is -0.493 e. The first-order valence-corrected chi connectivity index (χ1v) is 7.50. The van der Waals surface area contributed by atoms with E-state index in [-0.39, 0.29) is 5.54 Å². The van der Waals surface area contributed by atoms with Crippen LogP contribution < -0.4 is 20.5 Å². The average molecular weight is 293 g/mol. The SMILES string of the molecule is COc1cccc(CC(C)(CN)N2CCNCC2)c1OC. The molecular weight excluding hydrogens is 266 g/mol. The number of nitrogens with two attached hydrogens (primary N) is 1. The van der Waals surface area contributed by atoms with E-state index in [0.29, 0.717) is 6.54 Å². The van der Waals surface area contributed by atoms with Crippen LogP contribution in [0.4, 0.5) is 0 Å². The number of nitrogens with one attached hydrogen (secondary N) is 1. The Morgan fingerprint density at radius 1 is 1.24 bits per heavy atom. The van der Waals surface area contributed by atoms with E-state index in [1.807, 2.05) is 12.1 Å². The lowest BCUT2D eigenvalue weighted by Crippen LogP contribution is -2.59. The molecule has 5 heteroatoms. The van der Waals surface area contributed by atoms with E-state index in [2.05, 4.69) is 23.2 Å². The van der Waals surface area contributed by atoms with E-state index in [1.165, 1.54) is 0 Å². The zero-order valence-corrected chi connectivity index (χ0v) is 13.3. The molecule has 0 aromatic heterocycles. The fourth-order valence-electron chi connectivity index (χ4n) is 3.02. The molecule has 0 amide bonds. The van der Waals surface area contributed by atoms with Gasteiger partial charge < -0.3 is 20.5 Å². The van der Waals surface area contributed by atoms with Crippen molar-refractivity contribution >= 4 is 0 Å². The number of nitrogens with zero attached hydrogens (tertiary/aromatic N) is 1. The van der Waals surface area contributed by atoms with E-state index in [1.54, 1.807) is 14.2 Å². The molecule has 1 atom stereocenters. The van der Waals surface area contributed by atoms with Crippen LogP contribution in [0.25, 0.3) is 0 Å². The van der Waals surface area contributed by atoms with Gasteiger partial charge in [0.25, 0.3) is 0 Å². The Morgan fingerprint density at radius 3 is 2.52 bits per heavy atom. The van der Waals surface area contributed by atoms with Gasteiger partial charge in [0.1, 0.15) is 0 Å². The van der Waals surface area contributed by atoms with Crippen molar-refractivity contribution in [3.8, 4) is 11.5 Å². The average Bonchev–Trinajstić information content (AvgIpc) is 2.55. The normalized spacial score (nSPS) is 19.0. The molecule has 1 aliphatic heterocycles. The van der Waals surface area contributed by atoms with Gasteiger partial charge in [-0.05, 0) is 25.0 Å². The minimum absolute atomic E-state index is 0.0677. The van der Waals surface area contributed by atoms with Crippen LogP contribution in [-0.4, -0.2) is 57.4 Å². The summed E-state index contributed by atoms with van der Waals surface area (Å²) in [6.45, 7) is 6.94. The van der Waals surface area contributed by atoms with Crippen LogP contribution >= 0.6 is 0 Å². The highest BCUT2D eigenvalue weighted by Crippen LogP contribution is 2.34. The molecule has 21 heavy (non-hydrogen) atoms. The molecular formula is C16H27N3O2. The van der Waals surface area contributed by atoms with Gasteiger partial charge in [0.2, 0.25) is 0 Å². The van der Waals surface area contributed by atoms with Crippen molar-refractivity contribution in [2.75, 3.05) is 46.9 Å². The van der Waals surface area contributed by atoms with E-state index in [0.717, 1.165) is 49.7 Å². The molecule has 0 radical (unpaired) electrons. The van der Waals surface area contributed by atoms with Gasteiger partial charge >= 0.3 is 0 Å². The topological polar surface area (TPSA) is 59.8 Å². The first-order valence-electron chi connectivity index (χ1n) is 7.50. The molecule has 0 aliphatic carbocycles. The Hall–Kier alpha value is -1.30. The predicted molar refractivity (Wildman–Crippen MR) is 85.2 cm³/mol. The number of rotatable bonds is 6. The first kappa shape index (κ1) is 16.1. The van der Waals surface area contributed by atoms with Crippen molar-refractivity contribution in [2.24, 2.45) is 5.73 Å². The molecule has 1 aliphatic rings. The number of piperazine rings is 1. The van der Waals surface area contributed by atoms with Crippen molar-refractivity contribution in [3.05, 3.63) is 23.8 Å². The second-order valence-electron chi connectivity index (χ2n) is 5.77. The number of para-hydroxylation sites is 1. The van der Waals surface area contributed by atoms with Crippen LogP contribution in [0.5, 0.6) is 11.5 Å². The highest BCUT2D eigenvalue weighted by Gasteiger charge is 2.32. The molecule has 0 saturated carbocycles. The van der Waals surface area contributed by atoms with Gasteiger partial charge in [0, 0.05) is 38.3 Å². The Labute approximate surface area is 127 Å². The van der Waals surface area contributed by atoms with E-state index >= 15 is 0 Å². The standard InChI is InChI=1S/C16H27N3O2/c1-16(12-17,19-9-7-18-8-10-19)11-13-5-4-6-14(20-2)15(13)21-3/h4-6,18H,7-12,17H2,1-3H3. The van der Waals surface area contributed by atoms with Crippen molar-refractivity contribution in [1.29, 1.82) is 0 Å². The second-order valence-corrected chi connectivity index (χ2v) is 5.77. The van der Waals surface area contributed by atoms with Gasteiger partial charge in [-0.15, -0.1) is 0 Å². The van der Waals surface area contributed by atoms with Gasteiger partial charge in [-0.1, -0.05) is 12.1 Å². The van der Waals surface area contributed by atoms with Crippen LogP contribution in [0.2, 0.25) is 0 Å². The molecule has 1 fully saturated rings. The summed E-state index contributed by atoms with van der Waals surface area (Å²) in [7, 11) is 3.35. The van der Waals surface area contributed by atoms with Gasteiger partial charge in [0.15, 0.2) is 11.5 Å². The summed E-state index contributed by atoms with van der Waals surface area (Å²) >= 11 is 0. The minimum atomic E-state index is -0.0677. The molecule has 1 heterocycles. The molecule has 5 nitrogen and oxygen atoms in total. The summed E-state index contributed by atoms with van der Waals surface area (Å²) < 4.78 is 10.9. The van der Waals surface area contributed by atoms with Crippen LogP contribution in [0.3, 0.4) is 0 Å². The molecule has 1 aromatic carbocycles.